The lowest BCUT2D eigenvalue weighted by atomic mass is 9.98. The quantitative estimate of drug-likeness (QED) is 0.0450. The van der Waals surface area contributed by atoms with Crippen molar-refractivity contribution in [2.75, 3.05) is 6.54 Å². The van der Waals surface area contributed by atoms with Crippen LogP contribution >= 0.6 is 0 Å². The zero-order valence-electron chi connectivity index (χ0n) is 21.6. The molecule has 0 aromatic heterocycles. The number of nitrogens with zero attached hydrogens (tertiary/aromatic N) is 1. The van der Waals surface area contributed by atoms with E-state index < -0.39 is 72.1 Å². The Hall–Kier alpha value is -3.95. The molecule has 0 radical (unpaired) electrons. The first-order chi connectivity index (χ1) is 17.7. The number of carboxylic acids is 2. The Morgan fingerprint density at radius 3 is 1.82 bits per heavy atom. The van der Waals surface area contributed by atoms with Gasteiger partial charge in [0.1, 0.15) is 18.1 Å². The van der Waals surface area contributed by atoms with Crippen LogP contribution in [0.2, 0.25) is 0 Å². The van der Waals surface area contributed by atoms with Gasteiger partial charge < -0.3 is 49.1 Å². The van der Waals surface area contributed by atoms with E-state index in [-0.39, 0.29) is 38.2 Å². The minimum Gasteiger partial charge on any atom is -0.481 e. The van der Waals surface area contributed by atoms with E-state index in [2.05, 4.69) is 20.9 Å². The molecule has 0 aliphatic heterocycles. The molecule has 0 aromatic rings. The number of rotatable bonds is 19. The van der Waals surface area contributed by atoms with E-state index in [1.165, 1.54) is 0 Å². The van der Waals surface area contributed by atoms with Gasteiger partial charge in [-0.25, -0.2) is 4.79 Å². The third kappa shape index (κ3) is 14.0. The SMILES string of the molecule is CCC(C)C(NC(=O)C(CCC(N)=O)NC(=O)C(CCC(=O)O)NC(=O)C(N)CCCN=C(N)N)C(=O)O. The zero-order valence-corrected chi connectivity index (χ0v) is 21.6. The van der Waals surface area contributed by atoms with E-state index >= 15 is 0 Å². The average Bonchev–Trinajstić information content (AvgIpc) is 2.83. The highest BCUT2D eigenvalue weighted by atomic mass is 16.4. The largest absolute Gasteiger partial charge is 0.481 e. The van der Waals surface area contributed by atoms with Gasteiger partial charge in [0, 0.05) is 19.4 Å². The number of guanidine groups is 1. The van der Waals surface area contributed by atoms with Gasteiger partial charge in [0.05, 0.1) is 6.04 Å². The number of nitrogens with one attached hydrogen (secondary N) is 3. The molecule has 216 valence electrons. The van der Waals surface area contributed by atoms with Crippen molar-refractivity contribution in [3.8, 4) is 0 Å². The number of aliphatic carboxylic acids is 2. The van der Waals surface area contributed by atoms with Crippen molar-refractivity contribution in [2.45, 2.75) is 83.0 Å². The van der Waals surface area contributed by atoms with Crippen LogP contribution in [0.25, 0.3) is 0 Å². The molecule has 0 saturated carbocycles. The molecule has 5 unspecified atom stereocenters. The third-order valence-electron chi connectivity index (χ3n) is 5.67. The minimum absolute atomic E-state index is 0.123. The summed E-state index contributed by atoms with van der Waals surface area (Å²) in [5.74, 6) is -6.41. The molecular formula is C22H40N8O8. The number of carboxylic acid groups (broad SMARTS) is 2. The summed E-state index contributed by atoms with van der Waals surface area (Å²) in [6.07, 6.45) is -0.449. The molecule has 0 aliphatic rings. The third-order valence-corrected chi connectivity index (χ3v) is 5.67. The van der Waals surface area contributed by atoms with Crippen molar-refractivity contribution in [3.05, 3.63) is 0 Å². The molecule has 0 saturated heterocycles. The smallest absolute Gasteiger partial charge is 0.326 e. The summed E-state index contributed by atoms with van der Waals surface area (Å²) in [7, 11) is 0. The number of hydrogen-bond donors (Lipinski definition) is 9. The minimum atomic E-state index is -1.39. The van der Waals surface area contributed by atoms with Crippen LogP contribution in [0.1, 0.15) is 58.8 Å². The number of carbonyl (C=O) groups is 6. The van der Waals surface area contributed by atoms with Crippen LogP contribution in [0.4, 0.5) is 0 Å². The number of nitrogens with two attached hydrogens (primary N) is 4. The Morgan fingerprint density at radius 2 is 1.34 bits per heavy atom. The maximum Gasteiger partial charge on any atom is 0.326 e. The monoisotopic (exact) mass is 544 g/mol. The maximum absolute atomic E-state index is 13.0. The molecule has 0 bridgehead atoms. The number of amides is 4. The van der Waals surface area contributed by atoms with E-state index in [9.17, 15) is 33.9 Å². The van der Waals surface area contributed by atoms with Gasteiger partial charge in [-0.15, -0.1) is 0 Å². The second-order valence-corrected chi connectivity index (χ2v) is 8.83. The van der Waals surface area contributed by atoms with E-state index in [4.69, 9.17) is 28.0 Å². The van der Waals surface area contributed by atoms with Gasteiger partial charge in [-0.05, 0) is 31.6 Å². The van der Waals surface area contributed by atoms with E-state index in [1.807, 2.05) is 0 Å². The Kier molecular flexibility index (Phi) is 15.7. The van der Waals surface area contributed by atoms with Crippen LogP contribution in [0, 0.1) is 5.92 Å². The number of aliphatic imine (C=N–C) groups is 1. The maximum atomic E-state index is 13.0. The topological polar surface area (TPSA) is 295 Å². The first kappa shape index (κ1) is 34.0. The van der Waals surface area contributed by atoms with Crippen LogP contribution in [0.15, 0.2) is 4.99 Å². The molecule has 13 N–H and O–H groups in total. The lowest BCUT2D eigenvalue weighted by Gasteiger charge is -2.26. The Labute approximate surface area is 220 Å². The van der Waals surface area contributed by atoms with E-state index in [1.54, 1.807) is 13.8 Å². The molecule has 0 fully saturated rings. The highest BCUT2D eigenvalue weighted by molar-refractivity contribution is 5.94. The normalized spacial score (nSPS) is 14.6. The first-order valence-corrected chi connectivity index (χ1v) is 12.1. The van der Waals surface area contributed by atoms with Gasteiger partial charge in [0.15, 0.2) is 5.96 Å². The first-order valence-electron chi connectivity index (χ1n) is 12.1. The van der Waals surface area contributed by atoms with Crippen LogP contribution in [-0.2, 0) is 28.8 Å². The average molecular weight is 545 g/mol. The fourth-order valence-electron chi connectivity index (χ4n) is 3.23. The fourth-order valence-corrected chi connectivity index (χ4v) is 3.23. The van der Waals surface area contributed by atoms with Crippen molar-refractivity contribution in [1.82, 2.24) is 16.0 Å². The van der Waals surface area contributed by atoms with Crippen LogP contribution in [0.5, 0.6) is 0 Å². The number of carbonyl (C=O) groups excluding carboxylic acids is 4. The van der Waals surface area contributed by atoms with Gasteiger partial charge in [-0.2, -0.15) is 0 Å². The van der Waals surface area contributed by atoms with E-state index in [0.29, 0.717) is 12.8 Å². The molecule has 0 spiro atoms. The molecule has 0 rings (SSSR count). The summed E-state index contributed by atoms with van der Waals surface area (Å²) < 4.78 is 0. The van der Waals surface area contributed by atoms with Gasteiger partial charge >= 0.3 is 11.9 Å². The predicted octanol–water partition coefficient (Wildman–Crippen LogP) is -2.92. The lowest BCUT2D eigenvalue weighted by molar-refractivity contribution is -0.144. The van der Waals surface area contributed by atoms with Gasteiger partial charge in [0.25, 0.3) is 0 Å². The summed E-state index contributed by atoms with van der Waals surface area (Å²) >= 11 is 0. The Morgan fingerprint density at radius 1 is 0.816 bits per heavy atom. The lowest BCUT2D eigenvalue weighted by Crippen LogP contribution is -2.57. The Balaban J connectivity index is 5.60. The van der Waals surface area contributed by atoms with Gasteiger partial charge in [0.2, 0.25) is 23.6 Å². The van der Waals surface area contributed by atoms with Crippen molar-refractivity contribution in [1.29, 1.82) is 0 Å². The summed E-state index contributed by atoms with van der Waals surface area (Å²) in [5, 5.41) is 25.6. The van der Waals surface area contributed by atoms with Crippen LogP contribution < -0.4 is 38.9 Å². The fraction of sp³-hybridized carbons (Fsp3) is 0.682. The van der Waals surface area contributed by atoms with Crippen LogP contribution in [0.3, 0.4) is 0 Å². The summed E-state index contributed by atoms with van der Waals surface area (Å²) in [6, 6.07) is -5.11. The van der Waals surface area contributed by atoms with Gasteiger partial charge in [-0.1, -0.05) is 20.3 Å². The summed E-state index contributed by atoms with van der Waals surface area (Å²) in [6.45, 7) is 3.57. The van der Waals surface area contributed by atoms with Crippen molar-refractivity contribution in [3.63, 3.8) is 0 Å². The molecule has 0 aromatic carbocycles. The molecule has 16 heteroatoms. The second kappa shape index (κ2) is 17.5. The van der Waals surface area contributed by atoms with Crippen molar-refractivity contribution in [2.24, 2.45) is 33.8 Å². The summed E-state index contributed by atoms with van der Waals surface area (Å²) in [5.41, 5.74) is 21.5. The van der Waals surface area contributed by atoms with Crippen molar-refractivity contribution < 1.29 is 39.0 Å². The molecule has 16 nitrogen and oxygen atoms in total. The van der Waals surface area contributed by atoms with Gasteiger partial charge in [-0.3, -0.25) is 29.0 Å². The number of hydrogen-bond acceptors (Lipinski definition) is 8. The molecule has 5 atom stereocenters. The summed E-state index contributed by atoms with van der Waals surface area (Å²) in [4.78, 5) is 76.2. The highest BCUT2D eigenvalue weighted by Crippen LogP contribution is 2.10. The molecule has 4 amide bonds. The second-order valence-electron chi connectivity index (χ2n) is 8.83. The molecule has 38 heavy (non-hydrogen) atoms. The number of primary amides is 1. The molecular weight excluding hydrogens is 504 g/mol. The predicted molar refractivity (Wildman–Crippen MR) is 136 cm³/mol. The zero-order chi connectivity index (χ0) is 29.4. The molecule has 0 aliphatic carbocycles. The van der Waals surface area contributed by atoms with Crippen molar-refractivity contribution >= 4 is 41.5 Å². The van der Waals surface area contributed by atoms with E-state index in [0.717, 1.165) is 0 Å². The standard InChI is InChI=1S/C22H40N8O8/c1-3-11(2)17(21(37)38)30-20(36)13(6-8-15(24)31)29-19(35)14(7-9-16(32)33)28-18(34)12(23)5-4-10-27-22(25)26/h11-14,17H,3-10,23H2,1-2H3,(H2,24,31)(H,28,34)(H,29,35)(H,30,36)(H,32,33)(H,37,38)(H4,25,26,27). The van der Waals surface area contributed by atoms with Crippen LogP contribution in [-0.4, -0.2) is 82.5 Å². The highest BCUT2D eigenvalue weighted by Gasteiger charge is 2.32. The Bertz CT molecular complexity index is 877. The molecule has 0 heterocycles.